The number of hydrogen-bond donors (Lipinski definition) is 1. The maximum atomic E-state index is 11.3. The quantitative estimate of drug-likeness (QED) is 0.759. The van der Waals surface area contributed by atoms with E-state index >= 15 is 0 Å². The molecule has 6 heteroatoms. The monoisotopic (exact) mass is 209 g/mol. The van der Waals surface area contributed by atoms with Gasteiger partial charge in [-0.05, 0) is 0 Å². The smallest absolute Gasteiger partial charge is 0.314 e. The lowest BCUT2D eigenvalue weighted by Gasteiger charge is -1.99. The third-order valence-electron chi connectivity index (χ3n) is 1.75. The molecule has 0 aliphatic heterocycles. The summed E-state index contributed by atoms with van der Waals surface area (Å²) < 4.78 is 1.11. The van der Waals surface area contributed by atoms with Gasteiger partial charge in [0.25, 0.3) is 5.56 Å². The van der Waals surface area contributed by atoms with Crippen LogP contribution in [-0.4, -0.2) is 14.5 Å². The van der Waals surface area contributed by atoms with Crippen LogP contribution in [0.15, 0.2) is 32.7 Å². The number of aromatic nitrogens is 3. The van der Waals surface area contributed by atoms with E-state index in [9.17, 15) is 9.59 Å². The predicted molar refractivity (Wildman–Crippen MR) is 52.5 cm³/mol. The van der Waals surface area contributed by atoms with E-state index in [2.05, 4.69) is 9.97 Å². The number of rotatable bonds is 2. The Morgan fingerprint density at radius 1 is 1.50 bits per heavy atom. The zero-order chi connectivity index (χ0) is 9.97. The van der Waals surface area contributed by atoms with Gasteiger partial charge in [0.15, 0.2) is 0 Å². The standard InChI is InChI=1S/C8H7N3O2S/c12-7-1-2-9-8(13)11(7)3-6-4-14-5-10-6/h1-2,4-5H,3H2,(H,9,13). The predicted octanol–water partition coefficient (Wildman–Crippen LogP) is 0.0414. The Morgan fingerprint density at radius 2 is 2.36 bits per heavy atom. The molecule has 0 saturated carbocycles. The van der Waals surface area contributed by atoms with E-state index in [4.69, 9.17) is 0 Å². The van der Waals surface area contributed by atoms with Gasteiger partial charge in [-0.15, -0.1) is 11.3 Å². The lowest BCUT2D eigenvalue weighted by Crippen LogP contribution is -2.34. The molecule has 0 aromatic carbocycles. The SMILES string of the molecule is O=c1cc[nH]c(=O)n1Cc1cscn1. The van der Waals surface area contributed by atoms with Gasteiger partial charge < -0.3 is 4.98 Å². The lowest BCUT2D eigenvalue weighted by atomic mass is 10.5. The van der Waals surface area contributed by atoms with Gasteiger partial charge in [-0.2, -0.15) is 0 Å². The van der Waals surface area contributed by atoms with Crippen LogP contribution in [0, 0.1) is 0 Å². The molecule has 0 bridgehead atoms. The maximum absolute atomic E-state index is 11.3. The summed E-state index contributed by atoms with van der Waals surface area (Å²) in [6.07, 6.45) is 1.34. The van der Waals surface area contributed by atoms with Gasteiger partial charge in [0.05, 0.1) is 17.7 Å². The topological polar surface area (TPSA) is 67.8 Å². The summed E-state index contributed by atoms with van der Waals surface area (Å²) in [5.74, 6) is 0. The molecule has 0 radical (unpaired) electrons. The van der Waals surface area contributed by atoms with Crippen molar-refractivity contribution in [1.29, 1.82) is 0 Å². The zero-order valence-corrected chi connectivity index (χ0v) is 7.95. The summed E-state index contributed by atoms with van der Waals surface area (Å²) in [7, 11) is 0. The molecule has 2 rings (SSSR count). The summed E-state index contributed by atoms with van der Waals surface area (Å²) in [4.78, 5) is 29.0. The summed E-state index contributed by atoms with van der Waals surface area (Å²) in [5, 5.41) is 1.80. The first-order chi connectivity index (χ1) is 6.77. The Hall–Kier alpha value is -1.69. The largest absolute Gasteiger partial charge is 0.328 e. The van der Waals surface area contributed by atoms with Crippen LogP contribution >= 0.6 is 11.3 Å². The van der Waals surface area contributed by atoms with Crippen LogP contribution < -0.4 is 11.2 Å². The van der Waals surface area contributed by atoms with Gasteiger partial charge in [0, 0.05) is 17.6 Å². The summed E-state index contributed by atoms with van der Waals surface area (Å²) in [5.41, 5.74) is 1.65. The van der Waals surface area contributed by atoms with Crippen molar-refractivity contribution in [2.75, 3.05) is 0 Å². The number of aromatic amines is 1. The van der Waals surface area contributed by atoms with E-state index in [0.29, 0.717) is 5.69 Å². The third kappa shape index (κ3) is 1.64. The van der Waals surface area contributed by atoms with E-state index in [1.807, 2.05) is 0 Å². The van der Waals surface area contributed by atoms with Crippen LogP contribution in [0.5, 0.6) is 0 Å². The molecule has 0 fully saturated rings. The highest BCUT2D eigenvalue weighted by atomic mass is 32.1. The summed E-state index contributed by atoms with van der Waals surface area (Å²) >= 11 is 1.43. The van der Waals surface area contributed by atoms with E-state index in [1.165, 1.54) is 23.6 Å². The molecule has 0 unspecified atom stereocenters. The van der Waals surface area contributed by atoms with Crippen molar-refractivity contribution in [1.82, 2.24) is 14.5 Å². The Bertz CT molecular complexity index is 498. The van der Waals surface area contributed by atoms with E-state index < -0.39 is 5.69 Å². The fourth-order valence-corrected chi connectivity index (χ4v) is 1.63. The molecule has 0 aliphatic rings. The highest BCUT2D eigenvalue weighted by molar-refractivity contribution is 7.07. The number of hydrogen-bond acceptors (Lipinski definition) is 4. The van der Waals surface area contributed by atoms with Crippen LogP contribution in [-0.2, 0) is 6.54 Å². The molecule has 14 heavy (non-hydrogen) atoms. The molecule has 1 N–H and O–H groups in total. The first-order valence-electron chi connectivity index (χ1n) is 3.93. The number of nitrogens with one attached hydrogen (secondary N) is 1. The van der Waals surface area contributed by atoms with Crippen molar-refractivity contribution >= 4 is 11.3 Å². The summed E-state index contributed by atoms with van der Waals surface area (Å²) in [6, 6.07) is 1.31. The highest BCUT2D eigenvalue weighted by Gasteiger charge is 2.02. The van der Waals surface area contributed by atoms with Gasteiger partial charge in [-0.25, -0.2) is 9.78 Å². The van der Waals surface area contributed by atoms with Crippen molar-refractivity contribution < 1.29 is 0 Å². The zero-order valence-electron chi connectivity index (χ0n) is 7.14. The first kappa shape index (κ1) is 8.89. The average Bonchev–Trinajstić information content (AvgIpc) is 2.64. The minimum Gasteiger partial charge on any atom is -0.314 e. The van der Waals surface area contributed by atoms with E-state index in [0.717, 1.165) is 4.57 Å². The summed E-state index contributed by atoms with van der Waals surface area (Å²) in [6.45, 7) is 0.221. The number of thiazole rings is 1. The molecular formula is C8H7N3O2S. The molecular weight excluding hydrogens is 202 g/mol. The second kappa shape index (κ2) is 3.59. The molecule has 0 saturated heterocycles. The average molecular weight is 209 g/mol. The van der Waals surface area contributed by atoms with Gasteiger partial charge in [-0.3, -0.25) is 9.36 Å². The van der Waals surface area contributed by atoms with Crippen molar-refractivity contribution in [3.63, 3.8) is 0 Å². The van der Waals surface area contributed by atoms with Gasteiger partial charge in [0.2, 0.25) is 0 Å². The van der Waals surface area contributed by atoms with E-state index in [-0.39, 0.29) is 12.1 Å². The normalized spacial score (nSPS) is 10.3. The fourth-order valence-electron chi connectivity index (χ4n) is 1.08. The highest BCUT2D eigenvalue weighted by Crippen LogP contribution is 2.00. The molecule has 5 nitrogen and oxygen atoms in total. The first-order valence-corrected chi connectivity index (χ1v) is 4.87. The van der Waals surface area contributed by atoms with Crippen molar-refractivity contribution in [3.8, 4) is 0 Å². The van der Waals surface area contributed by atoms with E-state index in [1.54, 1.807) is 10.9 Å². The van der Waals surface area contributed by atoms with Crippen LogP contribution in [0.2, 0.25) is 0 Å². The maximum Gasteiger partial charge on any atom is 0.328 e. The molecule has 0 amide bonds. The molecule has 72 valence electrons. The third-order valence-corrected chi connectivity index (χ3v) is 2.38. The van der Waals surface area contributed by atoms with Crippen LogP contribution in [0.1, 0.15) is 5.69 Å². The Balaban J connectivity index is 2.43. The second-order valence-electron chi connectivity index (χ2n) is 2.69. The van der Waals surface area contributed by atoms with Crippen LogP contribution in [0.4, 0.5) is 0 Å². The van der Waals surface area contributed by atoms with Gasteiger partial charge in [-0.1, -0.05) is 0 Å². The van der Waals surface area contributed by atoms with Gasteiger partial charge >= 0.3 is 5.69 Å². The minimum absolute atomic E-state index is 0.221. The fraction of sp³-hybridized carbons (Fsp3) is 0.125. The number of nitrogens with zero attached hydrogens (tertiary/aromatic N) is 2. The molecule has 2 aromatic rings. The number of H-pyrrole nitrogens is 1. The van der Waals surface area contributed by atoms with Crippen LogP contribution in [0.25, 0.3) is 0 Å². The van der Waals surface area contributed by atoms with Crippen molar-refractivity contribution in [2.24, 2.45) is 0 Å². The lowest BCUT2D eigenvalue weighted by molar-refractivity contribution is 0.688. The Morgan fingerprint density at radius 3 is 3.00 bits per heavy atom. The van der Waals surface area contributed by atoms with Gasteiger partial charge in [0.1, 0.15) is 0 Å². The minimum atomic E-state index is -0.412. The van der Waals surface area contributed by atoms with Crippen molar-refractivity contribution in [2.45, 2.75) is 6.54 Å². The van der Waals surface area contributed by atoms with Crippen LogP contribution in [0.3, 0.4) is 0 Å². The molecule has 0 spiro atoms. The Kier molecular flexibility index (Phi) is 2.28. The molecule has 2 heterocycles. The van der Waals surface area contributed by atoms with Crippen molar-refractivity contribution in [3.05, 3.63) is 49.7 Å². The molecule has 2 aromatic heterocycles. The molecule has 0 atom stereocenters. The second-order valence-corrected chi connectivity index (χ2v) is 3.41. The Labute approximate surface area is 82.7 Å². The molecule has 0 aliphatic carbocycles.